The van der Waals surface area contributed by atoms with Gasteiger partial charge >= 0.3 is 0 Å². The van der Waals surface area contributed by atoms with Crippen LogP contribution in [0, 0.1) is 0 Å². The quantitative estimate of drug-likeness (QED) is 0.804. The summed E-state index contributed by atoms with van der Waals surface area (Å²) in [7, 11) is 0. The van der Waals surface area contributed by atoms with Crippen LogP contribution in [0.15, 0.2) is 30.6 Å². The van der Waals surface area contributed by atoms with Gasteiger partial charge in [0.1, 0.15) is 11.1 Å². The molecule has 1 aliphatic rings. The number of rotatable bonds is 1. The highest BCUT2D eigenvalue weighted by molar-refractivity contribution is 7.99. The molecule has 2 aromatic rings. The molecule has 0 radical (unpaired) electrons. The normalized spacial score (nSPS) is 19.3. The lowest BCUT2D eigenvalue weighted by Gasteiger charge is -2.11. The molecule has 5 nitrogen and oxygen atoms in total. The lowest BCUT2D eigenvalue weighted by molar-refractivity contribution is -0.115. The summed E-state index contributed by atoms with van der Waals surface area (Å²) in [5, 5.41) is 9.26. The van der Waals surface area contributed by atoms with E-state index < -0.39 is 0 Å². The van der Waals surface area contributed by atoms with Crippen molar-refractivity contribution in [1.29, 1.82) is 0 Å². The van der Waals surface area contributed by atoms with E-state index in [9.17, 15) is 4.79 Å². The summed E-state index contributed by atoms with van der Waals surface area (Å²) in [4.78, 5) is 16.3. The van der Waals surface area contributed by atoms with Crippen LogP contribution < -0.4 is 5.32 Å². The molecule has 2 aromatic heterocycles. The van der Waals surface area contributed by atoms with Crippen molar-refractivity contribution in [3.8, 4) is 0 Å². The number of carbonyl (C=O) groups excluding carboxylic acids is 1. The SMILES string of the molecule is O=C1Nc2[nH]ncc2CSC1c1ccccn1. The number of fused-ring (bicyclic) bond motifs is 1. The van der Waals surface area contributed by atoms with Crippen LogP contribution in [0.1, 0.15) is 16.5 Å². The molecule has 1 amide bonds. The van der Waals surface area contributed by atoms with Crippen LogP contribution >= 0.6 is 11.8 Å². The highest BCUT2D eigenvalue weighted by atomic mass is 32.2. The molecule has 0 spiro atoms. The van der Waals surface area contributed by atoms with E-state index >= 15 is 0 Å². The lowest BCUT2D eigenvalue weighted by Crippen LogP contribution is -2.18. The number of hydrogen-bond donors (Lipinski definition) is 2. The van der Waals surface area contributed by atoms with Gasteiger partial charge in [0.15, 0.2) is 0 Å². The first-order valence-electron chi connectivity index (χ1n) is 5.20. The molecule has 0 aromatic carbocycles. The third-order valence-electron chi connectivity index (χ3n) is 2.57. The van der Waals surface area contributed by atoms with E-state index in [-0.39, 0.29) is 11.2 Å². The molecule has 0 aliphatic carbocycles. The predicted octanol–water partition coefficient (Wildman–Crippen LogP) is 1.73. The molecule has 3 heterocycles. The number of nitrogens with one attached hydrogen (secondary N) is 2. The van der Waals surface area contributed by atoms with Gasteiger partial charge in [-0.05, 0) is 12.1 Å². The maximum absolute atomic E-state index is 12.1. The van der Waals surface area contributed by atoms with Crippen LogP contribution in [0.4, 0.5) is 5.82 Å². The number of nitrogens with zero attached hydrogens (tertiary/aromatic N) is 2. The lowest BCUT2D eigenvalue weighted by atomic mass is 10.2. The zero-order valence-corrected chi connectivity index (χ0v) is 9.70. The Morgan fingerprint density at radius 1 is 1.41 bits per heavy atom. The van der Waals surface area contributed by atoms with E-state index in [0.29, 0.717) is 5.82 Å². The van der Waals surface area contributed by atoms with Gasteiger partial charge in [-0.3, -0.25) is 14.9 Å². The minimum atomic E-state index is -0.267. The second-order valence-corrected chi connectivity index (χ2v) is 4.80. The Kier molecular flexibility index (Phi) is 2.56. The fraction of sp³-hybridized carbons (Fsp3) is 0.182. The molecule has 6 heteroatoms. The Morgan fingerprint density at radius 3 is 3.18 bits per heavy atom. The topological polar surface area (TPSA) is 70.7 Å². The van der Waals surface area contributed by atoms with Crippen molar-refractivity contribution < 1.29 is 4.79 Å². The van der Waals surface area contributed by atoms with Gasteiger partial charge < -0.3 is 5.32 Å². The molecule has 86 valence electrons. The number of amides is 1. The average Bonchev–Trinajstić information content (AvgIpc) is 2.72. The highest BCUT2D eigenvalue weighted by Gasteiger charge is 2.27. The summed E-state index contributed by atoms with van der Waals surface area (Å²) in [6, 6.07) is 5.60. The number of H-pyrrole nitrogens is 1. The van der Waals surface area contributed by atoms with Crippen molar-refractivity contribution in [2.45, 2.75) is 11.0 Å². The monoisotopic (exact) mass is 246 g/mol. The molecule has 0 saturated heterocycles. The number of anilines is 1. The molecule has 17 heavy (non-hydrogen) atoms. The van der Waals surface area contributed by atoms with Gasteiger partial charge in [-0.25, -0.2) is 0 Å². The molecule has 0 saturated carbocycles. The van der Waals surface area contributed by atoms with Gasteiger partial charge in [-0.2, -0.15) is 5.10 Å². The molecule has 1 unspecified atom stereocenters. The van der Waals surface area contributed by atoms with Crippen molar-refractivity contribution in [1.82, 2.24) is 15.2 Å². The molecule has 0 fully saturated rings. The largest absolute Gasteiger partial charge is 0.310 e. The van der Waals surface area contributed by atoms with Crippen molar-refractivity contribution in [3.05, 3.63) is 41.9 Å². The second kappa shape index (κ2) is 4.21. The fourth-order valence-electron chi connectivity index (χ4n) is 1.72. The van der Waals surface area contributed by atoms with E-state index in [1.807, 2.05) is 18.2 Å². The molecule has 1 atom stereocenters. The van der Waals surface area contributed by atoms with E-state index in [4.69, 9.17) is 0 Å². The maximum Gasteiger partial charge on any atom is 0.244 e. The fourth-order valence-corrected chi connectivity index (χ4v) is 2.80. The zero-order valence-electron chi connectivity index (χ0n) is 8.88. The molecule has 2 N–H and O–H groups in total. The van der Waals surface area contributed by atoms with Gasteiger partial charge in [-0.1, -0.05) is 6.07 Å². The average molecular weight is 246 g/mol. The number of thioether (sulfide) groups is 1. The molecule has 1 aliphatic heterocycles. The van der Waals surface area contributed by atoms with E-state index in [1.54, 1.807) is 24.2 Å². The third-order valence-corrected chi connectivity index (χ3v) is 3.83. The highest BCUT2D eigenvalue weighted by Crippen LogP contribution is 2.35. The maximum atomic E-state index is 12.1. The number of aromatic nitrogens is 3. The number of hydrogen-bond acceptors (Lipinski definition) is 4. The van der Waals surface area contributed by atoms with Gasteiger partial charge in [0.25, 0.3) is 0 Å². The van der Waals surface area contributed by atoms with Crippen molar-refractivity contribution in [2.24, 2.45) is 0 Å². The Morgan fingerprint density at radius 2 is 2.35 bits per heavy atom. The number of pyridine rings is 1. The smallest absolute Gasteiger partial charge is 0.244 e. The summed E-state index contributed by atoms with van der Waals surface area (Å²) < 4.78 is 0. The minimum absolute atomic E-state index is 0.0586. The Balaban J connectivity index is 1.90. The number of aromatic amines is 1. The van der Waals surface area contributed by atoms with Gasteiger partial charge in [0, 0.05) is 17.5 Å². The molecule has 0 bridgehead atoms. The standard InChI is InChI=1S/C11H10N4OS/c16-11-9(8-3-1-2-4-12-8)17-6-7-5-13-15-10(7)14-11/h1-5,9H,6H2,(H2,13,14,15,16). The molecular weight excluding hydrogens is 236 g/mol. The summed E-state index contributed by atoms with van der Waals surface area (Å²) in [5.74, 6) is 1.38. The van der Waals surface area contributed by atoms with Crippen LogP contribution in [0.2, 0.25) is 0 Å². The second-order valence-electron chi connectivity index (χ2n) is 3.71. The van der Waals surface area contributed by atoms with Crippen LogP contribution in [-0.2, 0) is 10.5 Å². The minimum Gasteiger partial charge on any atom is -0.310 e. The first kappa shape index (κ1) is 10.3. The summed E-state index contributed by atoms with van der Waals surface area (Å²) in [5.41, 5.74) is 1.80. The summed E-state index contributed by atoms with van der Waals surface area (Å²) in [6.07, 6.45) is 3.44. The van der Waals surface area contributed by atoms with Crippen molar-refractivity contribution in [3.63, 3.8) is 0 Å². The molecule has 3 rings (SSSR count). The first-order valence-corrected chi connectivity index (χ1v) is 6.25. The first-order chi connectivity index (χ1) is 8.34. The van der Waals surface area contributed by atoms with E-state index in [1.165, 1.54) is 0 Å². The van der Waals surface area contributed by atoms with Gasteiger partial charge in [0.05, 0.1) is 11.9 Å². The van der Waals surface area contributed by atoms with Crippen molar-refractivity contribution >= 4 is 23.5 Å². The van der Waals surface area contributed by atoms with E-state index in [2.05, 4.69) is 20.5 Å². The predicted molar refractivity (Wildman–Crippen MR) is 65.5 cm³/mol. The third kappa shape index (κ3) is 1.91. The van der Waals surface area contributed by atoms with Gasteiger partial charge in [-0.15, -0.1) is 11.8 Å². The zero-order chi connectivity index (χ0) is 11.7. The van der Waals surface area contributed by atoms with Gasteiger partial charge in [0.2, 0.25) is 5.91 Å². The van der Waals surface area contributed by atoms with Crippen molar-refractivity contribution in [2.75, 3.05) is 5.32 Å². The summed E-state index contributed by atoms with van der Waals surface area (Å²) in [6.45, 7) is 0. The van der Waals surface area contributed by atoms with Crippen LogP contribution in [0.3, 0.4) is 0 Å². The van der Waals surface area contributed by atoms with Crippen LogP contribution in [0.5, 0.6) is 0 Å². The Bertz CT molecular complexity index is 539. The van der Waals surface area contributed by atoms with Crippen LogP contribution in [-0.4, -0.2) is 21.1 Å². The van der Waals surface area contributed by atoms with Crippen LogP contribution in [0.25, 0.3) is 0 Å². The Hall–Kier alpha value is -1.82. The molecular formula is C11H10N4OS. The van der Waals surface area contributed by atoms with E-state index in [0.717, 1.165) is 17.0 Å². The summed E-state index contributed by atoms with van der Waals surface area (Å²) >= 11 is 1.56. The number of carbonyl (C=O) groups is 1. The Labute approximate surface area is 102 Å².